The van der Waals surface area contributed by atoms with Crippen LogP contribution in [-0.2, 0) is 4.74 Å². The van der Waals surface area contributed by atoms with Gasteiger partial charge in [0, 0.05) is 19.0 Å². The van der Waals surface area contributed by atoms with Crippen molar-refractivity contribution in [2.45, 2.75) is 44.6 Å². The first-order valence-corrected chi connectivity index (χ1v) is 10.1. The molecule has 28 heavy (non-hydrogen) atoms. The van der Waals surface area contributed by atoms with Gasteiger partial charge in [-0.15, -0.1) is 6.58 Å². The van der Waals surface area contributed by atoms with Gasteiger partial charge in [0.05, 0.1) is 0 Å². The molecule has 0 N–H and O–H groups in total. The molecule has 148 valence electrons. The van der Waals surface area contributed by atoms with Crippen LogP contribution in [0.1, 0.15) is 50.2 Å². The van der Waals surface area contributed by atoms with Crippen molar-refractivity contribution < 1.29 is 9.53 Å². The van der Waals surface area contributed by atoms with Crippen LogP contribution >= 0.6 is 0 Å². The first-order chi connectivity index (χ1) is 13.4. The fourth-order valence-corrected chi connectivity index (χ4v) is 4.25. The van der Waals surface area contributed by atoms with E-state index in [1.807, 2.05) is 37.8 Å². The van der Waals surface area contributed by atoms with E-state index in [1.165, 1.54) is 11.1 Å². The summed E-state index contributed by atoms with van der Waals surface area (Å²) in [5, 5.41) is 0. The van der Waals surface area contributed by atoms with Crippen molar-refractivity contribution in [3.63, 3.8) is 0 Å². The highest BCUT2D eigenvalue weighted by atomic mass is 16.6. The zero-order chi connectivity index (χ0) is 20.1. The molecule has 0 aromatic heterocycles. The van der Waals surface area contributed by atoms with Crippen LogP contribution < -0.4 is 0 Å². The number of likely N-dealkylation sites (tertiary alicyclic amines) is 1. The van der Waals surface area contributed by atoms with Crippen molar-refractivity contribution in [1.29, 1.82) is 0 Å². The molecule has 1 aliphatic heterocycles. The number of allylic oxidation sites excluding steroid dienone is 1. The van der Waals surface area contributed by atoms with Gasteiger partial charge in [-0.2, -0.15) is 0 Å². The predicted octanol–water partition coefficient (Wildman–Crippen LogP) is 6.00. The number of nitrogens with zero attached hydrogens (tertiary/aromatic N) is 1. The van der Waals surface area contributed by atoms with Crippen LogP contribution in [0.4, 0.5) is 4.79 Å². The molecule has 0 spiro atoms. The van der Waals surface area contributed by atoms with Gasteiger partial charge in [-0.25, -0.2) is 4.79 Å². The van der Waals surface area contributed by atoms with Crippen molar-refractivity contribution in [1.82, 2.24) is 4.90 Å². The van der Waals surface area contributed by atoms with Gasteiger partial charge >= 0.3 is 6.09 Å². The molecule has 0 bridgehead atoms. The lowest BCUT2D eigenvalue weighted by Crippen LogP contribution is -2.48. The quantitative estimate of drug-likeness (QED) is 0.612. The average molecular weight is 378 g/mol. The normalized spacial score (nSPS) is 22.5. The molecule has 0 saturated carbocycles. The molecule has 1 amide bonds. The van der Waals surface area contributed by atoms with E-state index in [-0.39, 0.29) is 12.0 Å². The first-order valence-electron chi connectivity index (χ1n) is 10.1. The predicted molar refractivity (Wildman–Crippen MR) is 114 cm³/mol. The molecule has 1 aliphatic rings. The molecule has 3 heteroatoms. The Labute approximate surface area is 169 Å². The zero-order valence-corrected chi connectivity index (χ0v) is 17.2. The SMILES string of the molecule is C=CC[C@@H]1CN(C(=O)OC(C)(C)C)C[C@@H](c2ccccc2)[C@H]1c1ccccc1. The van der Waals surface area contributed by atoms with Gasteiger partial charge in [0.25, 0.3) is 0 Å². The summed E-state index contributed by atoms with van der Waals surface area (Å²) in [5.41, 5.74) is 2.09. The van der Waals surface area contributed by atoms with Gasteiger partial charge < -0.3 is 9.64 Å². The van der Waals surface area contributed by atoms with E-state index in [4.69, 9.17) is 4.74 Å². The molecular weight excluding hydrogens is 346 g/mol. The van der Waals surface area contributed by atoms with Crippen molar-refractivity contribution in [3.05, 3.63) is 84.4 Å². The molecule has 3 rings (SSSR count). The number of carbonyl (C=O) groups is 1. The minimum absolute atomic E-state index is 0.217. The van der Waals surface area contributed by atoms with Crippen molar-refractivity contribution >= 4 is 6.09 Å². The molecule has 2 aromatic rings. The van der Waals surface area contributed by atoms with Crippen molar-refractivity contribution in [3.8, 4) is 0 Å². The van der Waals surface area contributed by atoms with Crippen LogP contribution in [0.25, 0.3) is 0 Å². The highest BCUT2D eigenvalue weighted by molar-refractivity contribution is 5.68. The topological polar surface area (TPSA) is 29.5 Å². The Morgan fingerprint density at radius 3 is 2.14 bits per heavy atom. The summed E-state index contributed by atoms with van der Waals surface area (Å²) in [6.45, 7) is 11.1. The number of hydrogen-bond acceptors (Lipinski definition) is 2. The van der Waals surface area contributed by atoms with Gasteiger partial charge in [-0.3, -0.25) is 0 Å². The van der Waals surface area contributed by atoms with Crippen LogP contribution in [0.5, 0.6) is 0 Å². The van der Waals surface area contributed by atoms with Crippen LogP contribution in [-0.4, -0.2) is 29.7 Å². The summed E-state index contributed by atoms with van der Waals surface area (Å²) < 4.78 is 5.69. The monoisotopic (exact) mass is 377 g/mol. The largest absolute Gasteiger partial charge is 0.444 e. The van der Waals surface area contributed by atoms with E-state index in [1.54, 1.807) is 0 Å². The second-order valence-corrected chi connectivity index (χ2v) is 8.62. The minimum atomic E-state index is -0.496. The van der Waals surface area contributed by atoms with Crippen LogP contribution in [0.15, 0.2) is 73.3 Å². The highest BCUT2D eigenvalue weighted by Gasteiger charge is 2.40. The fourth-order valence-electron chi connectivity index (χ4n) is 4.25. The number of rotatable bonds is 4. The Morgan fingerprint density at radius 1 is 1.04 bits per heavy atom. The molecular formula is C25H31NO2. The Hall–Kier alpha value is -2.55. The van der Waals surface area contributed by atoms with Gasteiger partial charge in [0.15, 0.2) is 0 Å². The third-order valence-corrected chi connectivity index (χ3v) is 5.35. The molecule has 3 nitrogen and oxygen atoms in total. The molecule has 1 fully saturated rings. The zero-order valence-electron chi connectivity index (χ0n) is 17.2. The summed E-state index contributed by atoms with van der Waals surface area (Å²) in [5.74, 6) is 0.849. The van der Waals surface area contributed by atoms with Gasteiger partial charge in [-0.05, 0) is 50.2 Å². The van der Waals surface area contributed by atoms with Gasteiger partial charge in [0.2, 0.25) is 0 Å². The third-order valence-electron chi connectivity index (χ3n) is 5.35. The van der Waals surface area contributed by atoms with Crippen LogP contribution in [0, 0.1) is 5.92 Å². The van der Waals surface area contributed by atoms with E-state index < -0.39 is 5.60 Å². The number of piperidine rings is 1. The summed E-state index contributed by atoms with van der Waals surface area (Å²) in [4.78, 5) is 14.7. The number of hydrogen-bond donors (Lipinski definition) is 0. The Bertz CT molecular complexity index is 779. The smallest absolute Gasteiger partial charge is 0.410 e. The second kappa shape index (κ2) is 8.64. The maximum atomic E-state index is 12.9. The van der Waals surface area contributed by atoms with E-state index in [0.717, 1.165) is 6.42 Å². The maximum Gasteiger partial charge on any atom is 0.410 e. The maximum absolute atomic E-state index is 12.9. The summed E-state index contributed by atoms with van der Waals surface area (Å²) in [6, 6.07) is 21.2. The summed E-state index contributed by atoms with van der Waals surface area (Å²) >= 11 is 0. The van der Waals surface area contributed by atoms with Gasteiger partial charge in [-0.1, -0.05) is 66.7 Å². The number of carbonyl (C=O) groups excluding carboxylic acids is 1. The molecule has 0 unspecified atom stereocenters. The lowest BCUT2D eigenvalue weighted by molar-refractivity contribution is 0.0116. The lowest BCUT2D eigenvalue weighted by atomic mass is 9.70. The van der Waals surface area contributed by atoms with Gasteiger partial charge in [0.1, 0.15) is 5.60 Å². The molecule has 3 atom stereocenters. The molecule has 1 heterocycles. The lowest BCUT2D eigenvalue weighted by Gasteiger charge is -2.44. The molecule has 0 radical (unpaired) electrons. The third kappa shape index (κ3) is 4.83. The minimum Gasteiger partial charge on any atom is -0.444 e. The Kier molecular flexibility index (Phi) is 6.23. The number of benzene rings is 2. The highest BCUT2D eigenvalue weighted by Crippen LogP contribution is 2.44. The average Bonchev–Trinajstić information content (AvgIpc) is 2.68. The fraction of sp³-hybridized carbons (Fsp3) is 0.400. The van der Waals surface area contributed by atoms with Crippen molar-refractivity contribution in [2.24, 2.45) is 5.92 Å². The summed E-state index contributed by atoms with van der Waals surface area (Å²) in [7, 11) is 0. The van der Waals surface area contributed by atoms with Crippen LogP contribution in [0.2, 0.25) is 0 Å². The van der Waals surface area contributed by atoms with E-state index in [2.05, 4.69) is 61.2 Å². The van der Waals surface area contributed by atoms with E-state index >= 15 is 0 Å². The molecule has 0 aliphatic carbocycles. The first kappa shape index (κ1) is 20.2. The Morgan fingerprint density at radius 2 is 1.61 bits per heavy atom. The Balaban J connectivity index is 1.98. The van der Waals surface area contributed by atoms with E-state index in [9.17, 15) is 4.79 Å². The standard InChI is InChI=1S/C25H31NO2/c1-5-12-21-17-26(24(27)28-25(2,3)4)18-22(19-13-8-6-9-14-19)23(21)20-15-10-7-11-16-20/h5-11,13-16,21-23H,1,12,17-18H2,2-4H3/t21-,22+,23+/m1/s1. The number of ether oxygens (including phenoxy) is 1. The number of amides is 1. The van der Waals surface area contributed by atoms with E-state index in [0.29, 0.717) is 24.9 Å². The molecule has 2 aromatic carbocycles. The molecule has 1 saturated heterocycles. The van der Waals surface area contributed by atoms with Crippen LogP contribution in [0.3, 0.4) is 0 Å². The summed E-state index contributed by atoms with van der Waals surface area (Å²) in [6.07, 6.45) is 2.61. The van der Waals surface area contributed by atoms with Crippen molar-refractivity contribution in [2.75, 3.05) is 13.1 Å². The second-order valence-electron chi connectivity index (χ2n) is 8.62.